The van der Waals surface area contributed by atoms with E-state index in [2.05, 4.69) is 10.3 Å². The average molecular weight is 527 g/mol. The van der Waals surface area contributed by atoms with Crippen LogP contribution in [0, 0.1) is 11.3 Å². The third-order valence-corrected chi connectivity index (χ3v) is 8.44. The molecule has 5 atom stereocenters. The fourth-order valence-corrected chi connectivity index (χ4v) is 6.60. The maximum atomic E-state index is 14.1. The lowest BCUT2D eigenvalue weighted by Gasteiger charge is -2.37. The fraction of sp³-hybridized carbons (Fsp3) is 0.720. The number of nitrogens with one attached hydrogen (secondary N) is 1. The van der Waals surface area contributed by atoms with E-state index in [9.17, 15) is 22.8 Å². The normalized spacial score (nSPS) is 31.7. The summed E-state index contributed by atoms with van der Waals surface area (Å²) in [5.74, 6) is -0.204. The number of ether oxygens (including phenoxy) is 3. The van der Waals surface area contributed by atoms with Crippen molar-refractivity contribution in [1.82, 2.24) is 20.1 Å². The summed E-state index contributed by atoms with van der Waals surface area (Å²) < 4.78 is 55.9. The van der Waals surface area contributed by atoms with Gasteiger partial charge in [-0.25, -0.2) is 4.79 Å². The molecule has 0 bridgehead atoms. The van der Waals surface area contributed by atoms with Crippen LogP contribution >= 0.6 is 0 Å². The Balaban J connectivity index is 1.37. The van der Waals surface area contributed by atoms with Crippen molar-refractivity contribution in [2.24, 2.45) is 11.3 Å². The van der Waals surface area contributed by atoms with Crippen molar-refractivity contribution < 1.29 is 37.0 Å². The molecular formula is C25H33F3N4O5. The van der Waals surface area contributed by atoms with Gasteiger partial charge >= 0.3 is 12.3 Å². The van der Waals surface area contributed by atoms with E-state index in [1.165, 1.54) is 7.11 Å². The lowest BCUT2D eigenvalue weighted by Crippen LogP contribution is -2.52. The summed E-state index contributed by atoms with van der Waals surface area (Å²) in [7, 11) is 2.97. The van der Waals surface area contributed by atoms with Crippen molar-refractivity contribution in [3.8, 4) is 0 Å². The molecule has 37 heavy (non-hydrogen) atoms. The number of nitrogens with zero attached hydrogens (tertiary/aromatic N) is 3. The topological polar surface area (TPSA) is 93.2 Å². The van der Waals surface area contributed by atoms with E-state index < -0.39 is 23.2 Å². The summed E-state index contributed by atoms with van der Waals surface area (Å²) in [5, 5.41) is 3.68. The Labute approximate surface area is 213 Å². The summed E-state index contributed by atoms with van der Waals surface area (Å²) >= 11 is 0. The molecule has 5 rings (SSSR count). The van der Waals surface area contributed by atoms with Crippen molar-refractivity contribution in [2.45, 2.75) is 56.6 Å². The summed E-state index contributed by atoms with van der Waals surface area (Å²) in [4.78, 5) is 33.8. The van der Waals surface area contributed by atoms with Crippen LogP contribution in [0.3, 0.4) is 0 Å². The molecule has 2 saturated heterocycles. The van der Waals surface area contributed by atoms with Crippen LogP contribution in [0.4, 0.5) is 18.0 Å². The van der Waals surface area contributed by atoms with Crippen molar-refractivity contribution in [2.75, 3.05) is 47.1 Å². The molecule has 0 aromatic carbocycles. The molecule has 3 fully saturated rings. The predicted molar refractivity (Wildman–Crippen MR) is 124 cm³/mol. The van der Waals surface area contributed by atoms with Crippen molar-refractivity contribution >= 4 is 12.0 Å². The molecule has 1 aromatic heterocycles. The predicted octanol–water partition coefficient (Wildman–Crippen LogP) is 2.23. The number of hydrogen-bond acceptors (Lipinski definition) is 7. The van der Waals surface area contributed by atoms with E-state index in [1.54, 1.807) is 16.9 Å². The quantitative estimate of drug-likeness (QED) is 0.643. The van der Waals surface area contributed by atoms with Gasteiger partial charge in [-0.05, 0) is 36.8 Å². The first-order valence-electron chi connectivity index (χ1n) is 12.7. The minimum absolute atomic E-state index is 0.0464. The zero-order chi connectivity index (χ0) is 26.4. The van der Waals surface area contributed by atoms with E-state index >= 15 is 0 Å². The minimum Gasteiger partial charge on any atom is -0.453 e. The monoisotopic (exact) mass is 526 g/mol. The Bertz CT molecular complexity index is 1040. The molecule has 1 aromatic rings. The Kier molecular flexibility index (Phi) is 7.10. The third kappa shape index (κ3) is 4.90. The first-order valence-corrected chi connectivity index (χ1v) is 12.7. The number of amides is 2. The van der Waals surface area contributed by atoms with E-state index in [0.717, 1.165) is 18.7 Å². The molecule has 1 aliphatic carbocycles. The van der Waals surface area contributed by atoms with Crippen LogP contribution < -0.4 is 5.32 Å². The van der Waals surface area contributed by atoms with Gasteiger partial charge < -0.3 is 29.3 Å². The number of methoxy groups -OCH3 is 2. The molecule has 0 spiro atoms. The van der Waals surface area contributed by atoms with Crippen LogP contribution in [0.5, 0.6) is 0 Å². The molecule has 3 aliphatic heterocycles. The Morgan fingerprint density at radius 2 is 2.08 bits per heavy atom. The molecule has 4 aliphatic rings. The number of aromatic nitrogens is 1. The number of pyridine rings is 1. The molecule has 1 N–H and O–H groups in total. The maximum absolute atomic E-state index is 14.1. The largest absolute Gasteiger partial charge is 0.453 e. The lowest BCUT2D eigenvalue weighted by molar-refractivity contribution is -0.143. The minimum atomic E-state index is -4.50. The number of alkyl halides is 3. The molecular weight excluding hydrogens is 493 g/mol. The van der Waals surface area contributed by atoms with Crippen LogP contribution in [0.2, 0.25) is 0 Å². The standard InChI is InChI=1S/C25H33F3N4O5/c1-35-21-13-37-6-4-20(21)30-18-8-17-12-32(23(34)36-2)14-24(17,9-18)22(33)31-5-3-19-15(11-31)7-16(10-29-19)25(26,27)28/h7,10,17-18,20-21,30H,3-6,8-9,11-14H2,1-2H3. The lowest BCUT2D eigenvalue weighted by atomic mass is 9.78. The zero-order valence-electron chi connectivity index (χ0n) is 21.1. The highest BCUT2D eigenvalue weighted by molar-refractivity contribution is 5.86. The molecule has 12 heteroatoms. The van der Waals surface area contributed by atoms with Crippen molar-refractivity contribution in [1.29, 1.82) is 0 Å². The molecule has 4 heterocycles. The Morgan fingerprint density at radius 3 is 2.81 bits per heavy atom. The number of hydrogen-bond donors (Lipinski definition) is 1. The van der Waals surface area contributed by atoms with Gasteiger partial charge in [-0.15, -0.1) is 0 Å². The van der Waals surface area contributed by atoms with Crippen LogP contribution in [0.15, 0.2) is 12.3 Å². The second-order valence-electron chi connectivity index (χ2n) is 10.6. The van der Waals surface area contributed by atoms with Gasteiger partial charge in [0, 0.05) is 70.3 Å². The first-order chi connectivity index (χ1) is 17.6. The zero-order valence-corrected chi connectivity index (χ0v) is 21.1. The number of fused-ring (bicyclic) bond motifs is 2. The molecule has 1 saturated carbocycles. The van der Waals surface area contributed by atoms with Gasteiger partial charge in [0.15, 0.2) is 0 Å². The van der Waals surface area contributed by atoms with E-state index in [1.807, 2.05) is 0 Å². The SMILES string of the molecule is COC(=O)N1CC2CC(NC3CCOCC3OC)CC2(C(=O)N2CCc3ncc(C(F)(F)F)cc3C2)C1. The number of halogens is 3. The van der Waals surface area contributed by atoms with Gasteiger partial charge in [-0.1, -0.05) is 0 Å². The second kappa shape index (κ2) is 10.0. The van der Waals surface area contributed by atoms with E-state index in [-0.39, 0.29) is 43.1 Å². The van der Waals surface area contributed by atoms with Crippen LogP contribution in [0.1, 0.15) is 36.1 Å². The maximum Gasteiger partial charge on any atom is 0.417 e. The highest BCUT2D eigenvalue weighted by Crippen LogP contribution is 2.51. The highest BCUT2D eigenvalue weighted by Gasteiger charge is 2.60. The smallest absolute Gasteiger partial charge is 0.417 e. The number of likely N-dealkylation sites (tertiary alicyclic amines) is 1. The highest BCUT2D eigenvalue weighted by atomic mass is 19.4. The van der Waals surface area contributed by atoms with Crippen molar-refractivity contribution in [3.63, 3.8) is 0 Å². The van der Waals surface area contributed by atoms with Gasteiger partial charge in [0.1, 0.15) is 0 Å². The van der Waals surface area contributed by atoms with Crippen LogP contribution in [0.25, 0.3) is 0 Å². The summed E-state index contributed by atoms with van der Waals surface area (Å²) in [6.45, 7) is 2.22. The molecule has 5 unspecified atom stereocenters. The average Bonchev–Trinajstić information content (AvgIpc) is 3.41. The van der Waals surface area contributed by atoms with Crippen molar-refractivity contribution in [3.05, 3.63) is 29.1 Å². The third-order valence-electron chi connectivity index (χ3n) is 8.44. The molecule has 9 nitrogen and oxygen atoms in total. The van der Waals surface area contributed by atoms with Gasteiger partial charge in [0.05, 0.1) is 30.8 Å². The summed E-state index contributed by atoms with van der Waals surface area (Å²) in [5.41, 5.74) is -0.636. The van der Waals surface area contributed by atoms with Crippen LogP contribution in [-0.2, 0) is 38.1 Å². The summed E-state index contributed by atoms with van der Waals surface area (Å²) in [6.07, 6.45) is -1.78. The summed E-state index contributed by atoms with van der Waals surface area (Å²) in [6, 6.07) is 1.24. The van der Waals surface area contributed by atoms with Gasteiger partial charge in [-0.3, -0.25) is 9.78 Å². The molecule has 0 radical (unpaired) electrons. The van der Waals surface area contributed by atoms with Gasteiger partial charge in [-0.2, -0.15) is 13.2 Å². The van der Waals surface area contributed by atoms with Gasteiger partial charge in [0.2, 0.25) is 5.91 Å². The van der Waals surface area contributed by atoms with Gasteiger partial charge in [0.25, 0.3) is 0 Å². The number of rotatable bonds is 4. The number of carbonyl (C=O) groups is 2. The van der Waals surface area contributed by atoms with E-state index in [0.29, 0.717) is 56.8 Å². The molecule has 204 valence electrons. The Morgan fingerprint density at radius 1 is 1.27 bits per heavy atom. The fourth-order valence-electron chi connectivity index (χ4n) is 6.60. The second-order valence-corrected chi connectivity index (χ2v) is 10.6. The van der Waals surface area contributed by atoms with Crippen LogP contribution in [-0.4, -0.2) is 92.0 Å². The van der Waals surface area contributed by atoms with E-state index in [4.69, 9.17) is 14.2 Å². The molecule has 2 amide bonds. The first kappa shape index (κ1) is 26.2. The Hall–Kier alpha value is -2.44. The number of carbonyl (C=O) groups excluding carboxylic acids is 2.